The molecule has 0 heterocycles. The lowest BCUT2D eigenvalue weighted by atomic mass is 10.2. The third kappa shape index (κ3) is 4.10. The van der Waals surface area contributed by atoms with Gasteiger partial charge in [-0.1, -0.05) is 53.5 Å². The molecule has 20 heavy (non-hydrogen) atoms. The highest BCUT2D eigenvalue weighted by Crippen LogP contribution is 2.26. The fourth-order valence-corrected chi connectivity index (χ4v) is 2.13. The standard InChI is InChI=1S/C15H10BrCl2NO/c16-12-7-6-11(9-13(12)17)19-15(20)14(18)8-10-4-2-1-3-5-10/h1-9H,(H,19,20)/b14-8-. The zero-order chi connectivity index (χ0) is 14.5. The number of benzene rings is 2. The number of nitrogens with one attached hydrogen (secondary N) is 1. The van der Waals surface area contributed by atoms with E-state index in [0.717, 1.165) is 10.0 Å². The summed E-state index contributed by atoms with van der Waals surface area (Å²) in [5.41, 5.74) is 1.45. The minimum atomic E-state index is -0.381. The maximum atomic E-state index is 11.9. The number of carbonyl (C=O) groups is 1. The van der Waals surface area contributed by atoms with Crippen LogP contribution in [0.2, 0.25) is 5.02 Å². The third-order valence-corrected chi connectivity index (χ3v) is 4.00. The van der Waals surface area contributed by atoms with Gasteiger partial charge in [-0.25, -0.2) is 0 Å². The third-order valence-electron chi connectivity index (χ3n) is 2.49. The number of hydrogen-bond donors (Lipinski definition) is 1. The van der Waals surface area contributed by atoms with E-state index in [9.17, 15) is 4.79 Å². The molecule has 0 spiro atoms. The smallest absolute Gasteiger partial charge is 0.267 e. The van der Waals surface area contributed by atoms with Gasteiger partial charge in [0.15, 0.2) is 0 Å². The molecular formula is C15H10BrCl2NO. The van der Waals surface area contributed by atoms with E-state index in [1.54, 1.807) is 24.3 Å². The Labute approximate surface area is 135 Å². The summed E-state index contributed by atoms with van der Waals surface area (Å²) in [6.45, 7) is 0. The SMILES string of the molecule is O=C(Nc1ccc(Br)c(Cl)c1)/C(Cl)=C/c1ccccc1. The molecule has 0 fully saturated rings. The molecule has 2 nitrogen and oxygen atoms in total. The molecule has 0 unspecified atom stereocenters. The van der Waals surface area contributed by atoms with E-state index >= 15 is 0 Å². The van der Waals surface area contributed by atoms with E-state index in [0.29, 0.717) is 10.7 Å². The summed E-state index contributed by atoms with van der Waals surface area (Å²) in [5.74, 6) is -0.381. The zero-order valence-corrected chi connectivity index (χ0v) is 13.3. The average molecular weight is 371 g/mol. The molecule has 0 aliphatic carbocycles. The molecule has 0 saturated carbocycles. The van der Waals surface area contributed by atoms with Gasteiger partial charge in [-0.3, -0.25) is 4.79 Å². The molecule has 102 valence electrons. The van der Waals surface area contributed by atoms with Crippen LogP contribution < -0.4 is 5.32 Å². The molecule has 2 rings (SSSR count). The van der Waals surface area contributed by atoms with E-state index in [1.165, 1.54) is 0 Å². The second-order valence-corrected chi connectivity index (χ2v) is 5.65. The molecule has 0 aliphatic rings. The number of carbonyl (C=O) groups excluding carboxylic acids is 1. The van der Waals surface area contributed by atoms with Crippen molar-refractivity contribution in [2.45, 2.75) is 0 Å². The van der Waals surface area contributed by atoms with Crippen molar-refractivity contribution >= 4 is 56.8 Å². The predicted octanol–water partition coefficient (Wildman–Crippen LogP) is 5.32. The highest BCUT2D eigenvalue weighted by molar-refractivity contribution is 9.10. The first-order chi connectivity index (χ1) is 9.56. The molecule has 1 N–H and O–H groups in total. The highest BCUT2D eigenvalue weighted by Gasteiger charge is 2.08. The number of amides is 1. The van der Waals surface area contributed by atoms with Crippen LogP contribution >= 0.6 is 39.1 Å². The van der Waals surface area contributed by atoms with Crippen LogP contribution in [0, 0.1) is 0 Å². The topological polar surface area (TPSA) is 29.1 Å². The van der Waals surface area contributed by atoms with Crippen LogP contribution in [0.4, 0.5) is 5.69 Å². The molecule has 2 aromatic carbocycles. The lowest BCUT2D eigenvalue weighted by Gasteiger charge is -2.05. The van der Waals surface area contributed by atoms with Gasteiger partial charge in [0.2, 0.25) is 0 Å². The van der Waals surface area contributed by atoms with Crippen LogP contribution in [0.1, 0.15) is 5.56 Å². The summed E-state index contributed by atoms with van der Waals surface area (Å²) in [5, 5.41) is 3.31. The number of halogens is 3. The number of rotatable bonds is 3. The summed E-state index contributed by atoms with van der Waals surface area (Å²) in [7, 11) is 0. The van der Waals surface area contributed by atoms with Gasteiger partial charge in [0.1, 0.15) is 5.03 Å². The lowest BCUT2D eigenvalue weighted by molar-refractivity contribution is -0.112. The van der Waals surface area contributed by atoms with Crippen molar-refractivity contribution in [1.29, 1.82) is 0 Å². The van der Waals surface area contributed by atoms with E-state index < -0.39 is 0 Å². The van der Waals surface area contributed by atoms with Gasteiger partial charge < -0.3 is 5.32 Å². The second-order valence-electron chi connectivity index (χ2n) is 3.99. The minimum Gasteiger partial charge on any atom is -0.321 e. The quantitative estimate of drug-likeness (QED) is 0.727. The van der Waals surface area contributed by atoms with E-state index in [1.807, 2.05) is 30.3 Å². The molecule has 0 atom stereocenters. The highest BCUT2D eigenvalue weighted by atomic mass is 79.9. The predicted molar refractivity (Wildman–Crippen MR) is 88.1 cm³/mol. The Morgan fingerprint density at radius 2 is 1.85 bits per heavy atom. The summed E-state index contributed by atoms with van der Waals surface area (Å²) < 4.78 is 0.767. The molecule has 1 amide bonds. The van der Waals surface area contributed by atoms with Crippen LogP contribution in [0.3, 0.4) is 0 Å². The van der Waals surface area contributed by atoms with Crippen LogP contribution in [0.15, 0.2) is 58.0 Å². The van der Waals surface area contributed by atoms with Crippen molar-refractivity contribution < 1.29 is 4.79 Å². The van der Waals surface area contributed by atoms with Gasteiger partial charge in [0, 0.05) is 10.2 Å². The van der Waals surface area contributed by atoms with Crippen molar-refractivity contribution in [1.82, 2.24) is 0 Å². The van der Waals surface area contributed by atoms with E-state index in [4.69, 9.17) is 23.2 Å². The Morgan fingerprint density at radius 3 is 2.50 bits per heavy atom. The first kappa shape index (κ1) is 15.1. The molecule has 0 radical (unpaired) electrons. The molecule has 0 aliphatic heterocycles. The molecular weight excluding hydrogens is 361 g/mol. The van der Waals surface area contributed by atoms with Crippen LogP contribution in [-0.2, 0) is 4.79 Å². The Kier molecular flexibility index (Phi) is 5.24. The zero-order valence-electron chi connectivity index (χ0n) is 10.2. The second kappa shape index (κ2) is 6.93. The van der Waals surface area contributed by atoms with Gasteiger partial charge >= 0.3 is 0 Å². The monoisotopic (exact) mass is 369 g/mol. The van der Waals surface area contributed by atoms with E-state index in [2.05, 4.69) is 21.2 Å². The number of anilines is 1. The van der Waals surface area contributed by atoms with Crippen molar-refractivity contribution in [2.75, 3.05) is 5.32 Å². The average Bonchev–Trinajstić information content (AvgIpc) is 2.44. The molecule has 0 aromatic heterocycles. The van der Waals surface area contributed by atoms with Crippen molar-refractivity contribution in [3.8, 4) is 0 Å². The normalized spacial score (nSPS) is 11.2. The van der Waals surface area contributed by atoms with Crippen molar-refractivity contribution in [3.05, 3.63) is 68.6 Å². The Hall–Kier alpha value is -1.29. The van der Waals surface area contributed by atoms with E-state index in [-0.39, 0.29) is 10.9 Å². The largest absolute Gasteiger partial charge is 0.321 e. The van der Waals surface area contributed by atoms with Gasteiger partial charge in [-0.2, -0.15) is 0 Å². The fourth-order valence-electron chi connectivity index (χ4n) is 1.53. The van der Waals surface area contributed by atoms with Crippen molar-refractivity contribution in [2.24, 2.45) is 0 Å². The van der Waals surface area contributed by atoms with Gasteiger partial charge in [-0.15, -0.1) is 0 Å². The summed E-state index contributed by atoms with van der Waals surface area (Å²) >= 11 is 15.2. The summed E-state index contributed by atoms with van der Waals surface area (Å²) in [4.78, 5) is 11.9. The molecule has 5 heteroatoms. The van der Waals surface area contributed by atoms with Crippen LogP contribution in [-0.4, -0.2) is 5.91 Å². The number of hydrogen-bond acceptors (Lipinski definition) is 1. The van der Waals surface area contributed by atoms with Gasteiger partial charge in [0.25, 0.3) is 5.91 Å². The van der Waals surface area contributed by atoms with Gasteiger partial charge in [0.05, 0.1) is 5.02 Å². The lowest BCUT2D eigenvalue weighted by Crippen LogP contribution is -2.11. The Balaban J connectivity index is 2.11. The minimum absolute atomic E-state index is 0.107. The van der Waals surface area contributed by atoms with Crippen molar-refractivity contribution in [3.63, 3.8) is 0 Å². The summed E-state index contributed by atoms with van der Waals surface area (Å²) in [6.07, 6.45) is 1.61. The fraction of sp³-hybridized carbons (Fsp3) is 0. The van der Waals surface area contributed by atoms with Crippen LogP contribution in [0.5, 0.6) is 0 Å². The molecule has 0 bridgehead atoms. The van der Waals surface area contributed by atoms with Gasteiger partial charge in [-0.05, 0) is 45.8 Å². The first-order valence-corrected chi connectivity index (χ1v) is 7.30. The Morgan fingerprint density at radius 1 is 1.15 bits per heavy atom. The maximum absolute atomic E-state index is 11.9. The summed E-state index contributed by atoms with van der Waals surface area (Å²) in [6, 6.07) is 14.5. The molecule has 2 aromatic rings. The molecule has 0 saturated heterocycles. The first-order valence-electron chi connectivity index (χ1n) is 5.75. The Bertz CT molecular complexity index is 656. The van der Waals surface area contributed by atoms with Crippen LogP contribution in [0.25, 0.3) is 6.08 Å². The maximum Gasteiger partial charge on any atom is 0.267 e.